The van der Waals surface area contributed by atoms with E-state index in [4.69, 9.17) is 0 Å². The number of rotatable bonds is 9. The number of pyridine rings is 1. The summed E-state index contributed by atoms with van der Waals surface area (Å²) in [7, 11) is 0. The minimum Gasteiger partial charge on any atom is -0.507 e. The molecule has 1 fully saturated rings. The molecule has 0 radical (unpaired) electrons. The van der Waals surface area contributed by atoms with Crippen LogP contribution < -0.4 is 10.5 Å². The molecular weight excluding hydrogens is 623 g/mol. The lowest BCUT2D eigenvalue weighted by Gasteiger charge is -2.35. The van der Waals surface area contributed by atoms with Crippen LogP contribution in [0.15, 0.2) is 108 Å². The van der Waals surface area contributed by atoms with Crippen molar-refractivity contribution in [3.05, 3.63) is 154 Å². The van der Waals surface area contributed by atoms with E-state index >= 15 is 0 Å². The summed E-state index contributed by atoms with van der Waals surface area (Å²) in [6, 6.07) is 19.7. The van der Waals surface area contributed by atoms with Crippen LogP contribution in [0.2, 0.25) is 0 Å². The average Bonchev–Trinajstić information content (AvgIpc) is 3.62. The molecule has 0 bridgehead atoms. The van der Waals surface area contributed by atoms with Crippen molar-refractivity contribution in [2.75, 3.05) is 31.1 Å². The Labute approximate surface area is 273 Å². The van der Waals surface area contributed by atoms with Gasteiger partial charge in [-0.25, -0.2) is 17.9 Å². The van der Waals surface area contributed by atoms with Crippen LogP contribution in [-0.2, 0) is 22.6 Å². The van der Waals surface area contributed by atoms with Crippen LogP contribution in [0, 0.1) is 17.5 Å². The van der Waals surface area contributed by atoms with Crippen LogP contribution in [0.1, 0.15) is 22.3 Å². The SMILES string of the molecule is O=C(/C=C(/O)c1cc(Cc2cc(F)cc(F)c2)cn(Cc2ccccc2F)c1=O)C(=O)N1CCN(c2ccc(-n3cccn3)cc2)CC1. The van der Waals surface area contributed by atoms with E-state index in [1.165, 1.54) is 35.4 Å². The summed E-state index contributed by atoms with van der Waals surface area (Å²) < 4.78 is 45.1. The van der Waals surface area contributed by atoms with Gasteiger partial charge in [0.1, 0.15) is 23.2 Å². The molecule has 0 unspecified atom stereocenters. The van der Waals surface area contributed by atoms with E-state index in [0.29, 0.717) is 24.7 Å². The highest BCUT2D eigenvalue weighted by molar-refractivity contribution is 6.41. The van der Waals surface area contributed by atoms with Crippen molar-refractivity contribution in [2.24, 2.45) is 0 Å². The number of piperazine rings is 1. The summed E-state index contributed by atoms with van der Waals surface area (Å²) in [6.45, 7) is 1.24. The molecule has 2 aromatic heterocycles. The Morgan fingerprint density at radius 1 is 0.833 bits per heavy atom. The predicted octanol–water partition coefficient (Wildman–Crippen LogP) is 4.91. The van der Waals surface area contributed by atoms with Gasteiger partial charge in [0.05, 0.1) is 17.8 Å². The van der Waals surface area contributed by atoms with Crippen LogP contribution in [-0.4, -0.2) is 62.2 Å². The van der Waals surface area contributed by atoms with Crippen molar-refractivity contribution >= 4 is 23.1 Å². The van der Waals surface area contributed by atoms with Gasteiger partial charge in [0.2, 0.25) is 5.78 Å². The second kappa shape index (κ2) is 13.8. The molecule has 6 rings (SSSR count). The Morgan fingerprint density at radius 2 is 1.52 bits per heavy atom. The van der Waals surface area contributed by atoms with Crippen LogP contribution >= 0.6 is 0 Å². The average molecular weight is 654 g/mol. The van der Waals surface area contributed by atoms with Crippen molar-refractivity contribution in [3.63, 3.8) is 0 Å². The molecule has 1 aliphatic rings. The number of halogens is 3. The standard InChI is InChI=1S/C36H30F3N5O4/c37-27-17-24(18-28(38)20-27)16-25-19-31(35(47)43(22-25)23-26-4-1-2-5-32(26)39)33(45)21-34(46)36(48)42-14-12-41(13-15-42)29-6-8-30(9-7-29)44-11-3-10-40-44/h1-11,17-22,45H,12-16,23H2/b33-21+. The summed E-state index contributed by atoms with van der Waals surface area (Å²) >= 11 is 0. The van der Waals surface area contributed by atoms with Crippen LogP contribution in [0.4, 0.5) is 18.9 Å². The fraction of sp³-hybridized carbons (Fsp3) is 0.167. The largest absolute Gasteiger partial charge is 0.507 e. The predicted molar refractivity (Wildman–Crippen MR) is 173 cm³/mol. The van der Waals surface area contributed by atoms with Crippen molar-refractivity contribution in [2.45, 2.75) is 13.0 Å². The molecule has 48 heavy (non-hydrogen) atoms. The second-order valence-electron chi connectivity index (χ2n) is 11.4. The lowest BCUT2D eigenvalue weighted by Crippen LogP contribution is -2.50. The molecule has 3 aromatic carbocycles. The first-order valence-electron chi connectivity index (χ1n) is 15.2. The Kier molecular flexibility index (Phi) is 9.24. The first kappa shape index (κ1) is 32.0. The summed E-state index contributed by atoms with van der Waals surface area (Å²) in [5, 5.41) is 15.2. The van der Waals surface area contributed by atoms with Gasteiger partial charge in [-0.2, -0.15) is 5.10 Å². The van der Waals surface area contributed by atoms with Gasteiger partial charge in [0.15, 0.2) is 0 Å². The molecule has 1 N–H and O–H groups in total. The van der Waals surface area contributed by atoms with Crippen molar-refractivity contribution < 1.29 is 27.9 Å². The number of ketones is 1. The van der Waals surface area contributed by atoms with E-state index < -0.39 is 40.5 Å². The van der Waals surface area contributed by atoms with E-state index in [2.05, 4.69) is 10.00 Å². The molecule has 0 atom stereocenters. The zero-order valence-electron chi connectivity index (χ0n) is 25.6. The number of benzene rings is 3. The Morgan fingerprint density at radius 3 is 2.19 bits per heavy atom. The molecule has 1 amide bonds. The Hall–Kier alpha value is -5.91. The van der Waals surface area contributed by atoms with Crippen LogP contribution in [0.5, 0.6) is 0 Å². The number of carbonyl (C=O) groups excluding carboxylic acids is 2. The lowest BCUT2D eigenvalue weighted by molar-refractivity contribution is -0.142. The first-order chi connectivity index (χ1) is 23.1. The fourth-order valence-electron chi connectivity index (χ4n) is 5.68. The highest BCUT2D eigenvalue weighted by atomic mass is 19.1. The number of aromatic nitrogens is 3. The fourth-order valence-corrected chi connectivity index (χ4v) is 5.68. The van der Waals surface area contributed by atoms with Crippen molar-refractivity contribution in [1.82, 2.24) is 19.2 Å². The lowest BCUT2D eigenvalue weighted by atomic mass is 10.0. The number of hydrogen-bond donors (Lipinski definition) is 1. The topological polar surface area (TPSA) is 101 Å². The zero-order valence-corrected chi connectivity index (χ0v) is 25.6. The molecule has 9 nitrogen and oxygen atoms in total. The van der Waals surface area contributed by atoms with E-state index in [1.54, 1.807) is 16.9 Å². The maximum Gasteiger partial charge on any atom is 0.294 e. The van der Waals surface area contributed by atoms with Gasteiger partial charge in [0, 0.05) is 68.2 Å². The second-order valence-corrected chi connectivity index (χ2v) is 11.4. The number of hydrogen-bond acceptors (Lipinski definition) is 6. The number of anilines is 1. The van der Waals surface area contributed by atoms with E-state index in [9.17, 15) is 32.7 Å². The van der Waals surface area contributed by atoms with Gasteiger partial charge < -0.3 is 19.5 Å². The number of carbonyl (C=O) groups is 2. The number of aliphatic hydroxyl groups is 1. The third-order valence-electron chi connectivity index (χ3n) is 8.08. The molecule has 0 spiro atoms. The van der Waals surface area contributed by atoms with Gasteiger partial charge in [-0.15, -0.1) is 0 Å². The van der Waals surface area contributed by atoms with Crippen molar-refractivity contribution in [1.29, 1.82) is 0 Å². The molecule has 1 saturated heterocycles. The summed E-state index contributed by atoms with van der Waals surface area (Å²) in [5.41, 5.74) is 1.55. The molecular formula is C36H30F3N5O4. The molecule has 244 valence electrons. The molecule has 12 heteroatoms. The summed E-state index contributed by atoms with van der Waals surface area (Å²) in [5.74, 6) is -4.77. The zero-order chi connectivity index (χ0) is 33.8. The van der Waals surface area contributed by atoms with E-state index in [1.807, 2.05) is 36.5 Å². The Bertz CT molecular complexity index is 2030. The van der Waals surface area contributed by atoms with Gasteiger partial charge in [-0.1, -0.05) is 18.2 Å². The highest BCUT2D eigenvalue weighted by Gasteiger charge is 2.26. The third kappa shape index (κ3) is 7.22. The molecule has 0 saturated carbocycles. The molecule has 3 heterocycles. The van der Waals surface area contributed by atoms with Gasteiger partial charge in [-0.05, 0) is 72.1 Å². The molecule has 1 aliphatic heterocycles. The normalized spacial score (nSPS) is 13.5. The molecule has 0 aliphatic carbocycles. The summed E-state index contributed by atoms with van der Waals surface area (Å²) in [4.78, 5) is 43.0. The monoisotopic (exact) mass is 653 g/mol. The Balaban J connectivity index is 1.19. The minimum atomic E-state index is -1.03. The van der Waals surface area contributed by atoms with Gasteiger partial charge >= 0.3 is 0 Å². The number of amides is 1. The van der Waals surface area contributed by atoms with E-state index in [-0.39, 0.29) is 42.7 Å². The minimum absolute atomic E-state index is 0.0460. The van der Waals surface area contributed by atoms with Crippen LogP contribution in [0.25, 0.3) is 11.4 Å². The van der Waals surface area contributed by atoms with Crippen molar-refractivity contribution in [3.8, 4) is 5.69 Å². The third-order valence-corrected chi connectivity index (χ3v) is 8.08. The number of nitrogens with zero attached hydrogens (tertiary/aromatic N) is 5. The van der Waals surface area contributed by atoms with E-state index in [0.717, 1.165) is 34.1 Å². The van der Waals surface area contributed by atoms with Crippen LogP contribution in [0.3, 0.4) is 0 Å². The maximum atomic E-state index is 14.5. The smallest absolute Gasteiger partial charge is 0.294 e. The number of aliphatic hydroxyl groups excluding tert-OH is 1. The quantitative estimate of drug-likeness (QED) is 0.138. The maximum absolute atomic E-state index is 14.5. The highest BCUT2D eigenvalue weighted by Crippen LogP contribution is 2.20. The molecule has 5 aromatic rings. The first-order valence-corrected chi connectivity index (χ1v) is 15.2. The van der Waals surface area contributed by atoms with Gasteiger partial charge in [0.25, 0.3) is 11.5 Å². The summed E-state index contributed by atoms with van der Waals surface area (Å²) in [6.07, 6.45) is 5.58. The van der Waals surface area contributed by atoms with Gasteiger partial charge in [-0.3, -0.25) is 14.4 Å².